The number of aryl methyl sites for hydroxylation is 1. The number of methoxy groups -OCH3 is 1. The fourth-order valence-corrected chi connectivity index (χ4v) is 8.66. The van der Waals surface area contributed by atoms with Crippen LogP contribution in [-0.2, 0) is 26.2 Å². The van der Waals surface area contributed by atoms with Gasteiger partial charge in [0.2, 0.25) is 5.91 Å². The van der Waals surface area contributed by atoms with Gasteiger partial charge >= 0.3 is 5.97 Å². The molecule has 2 aromatic carbocycles. The van der Waals surface area contributed by atoms with Gasteiger partial charge in [0.05, 0.1) is 24.6 Å². The van der Waals surface area contributed by atoms with Crippen LogP contribution < -0.4 is 9.47 Å². The summed E-state index contributed by atoms with van der Waals surface area (Å²) in [6.45, 7) is 5.57. The molecular formula is C34H40N2O5. The number of likely N-dealkylation sites (N-methyl/N-ethyl adjacent to an activating group) is 1. The minimum Gasteiger partial charge on any atom is -0.493 e. The number of carbonyl (C=O) groups excluding carboxylic acids is 2. The predicted octanol–water partition coefficient (Wildman–Crippen LogP) is 4.68. The molecule has 2 saturated carbocycles. The lowest BCUT2D eigenvalue weighted by Crippen LogP contribution is -2.79. The first-order chi connectivity index (χ1) is 19.8. The van der Waals surface area contributed by atoms with Gasteiger partial charge in [-0.1, -0.05) is 35.9 Å². The number of esters is 1. The van der Waals surface area contributed by atoms with Crippen molar-refractivity contribution in [3.8, 4) is 11.5 Å². The van der Waals surface area contributed by atoms with Crippen LogP contribution in [0.25, 0.3) is 6.08 Å². The Morgan fingerprint density at radius 3 is 2.73 bits per heavy atom. The Hall–Kier alpha value is -3.32. The van der Waals surface area contributed by atoms with E-state index >= 15 is 0 Å². The summed E-state index contributed by atoms with van der Waals surface area (Å²) >= 11 is 0. The summed E-state index contributed by atoms with van der Waals surface area (Å²) in [7, 11) is 3.56. The van der Waals surface area contributed by atoms with Crippen LogP contribution in [0.5, 0.6) is 11.5 Å². The fraction of sp³-hybridized carbons (Fsp3) is 0.529. The maximum Gasteiger partial charge on any atom is 0.303 e. The van der Waals surface area contributed by atoms with Crippen molar-refractivity contribution in [2.24, 2.45) is 5.92 Å². The fourth-order valence-electron chi connectivity index (χ4n) is 8.66. The minimum absolute atomic E-state index is 0.0573. The van der Waals surface area contributed by atoms with Crippen molar-refractivity contribution in [2.45, 2.75) is 81.6 Å². The second-order valence-electron chi connectivity index (χ2n) is 12.8. The number of piperidine rings is 1. The van der Waals surface area contributed by atoms with Gasteiger partial charge in [-0.3, -0.25) is 14.5 Å². The van der Waals surface area contributed by atoms with Crippen molar-refractivity contribution >= 4 is 18.0 Å². The number of ether oxygens (including phenoxy) is 3. The van der Waals surface area contributed by atoms with E-state index in [-0.39, 0.29) is 30.1 Å². The minimum atomic E-state index is -0.709. The van der Waals surface area contributed by atoms with Crippen LogP contribution in [0.1, 0.15) is 61.3 Å². The number of likely N-dealkylation sites (tertiary alicyclic amines) is 1. The van der Waals surface area contributed by atoms with Gasteiger partial charge in [0.1, 0.15) is 11.7 Å². The van der Waals surface area contributed by atoms with Crippen LogP contribution in [0.2, 0.25) is 0 Å². The molecule has 0 aromatic heterocycles. The molecule has 2 aromatic rings. The van der Waals surface area contributed by atoms with Crippen molar-refractivity contribution < 1.29 is 23.8 Å². The Balaban J connectivity index is 1.31. The van der Waals surface area contributed by atoms with Gasteiger partial charge in [-0.2, -0.15) is 0 Å². The van der Waals surface area contributed by atoms with E-state index in [1.165, 1.54) is 25.3 Å². The van der Waals surface area contributed by atoms with Crippen LogP contribution in [-0.4, -0.2) is 72.7 Å². The summed E-state index contributed by atoms with van der Waals surface area (Å²) in [6, 6.07) is 12.2. The standard InChI is InChI=1S/C34H40N2O5/c1-21-6-5-7-23(18-21)10-13-29(38)35(3)26-14-15-34(41-22(2)37)28-19-25-11-12-27(39-4)31-30(25)33(34,32(26)40-31)16-17-36(28)20-24-8-9-24/h5-7,10-13,18,24,26,28,32H,8-9,14-17,19-20H2,1-4H3/t26-,28+,32-,33-,34+/m0/s1. The maximum absolute atomic E-state index is 13.6. The first-order valence-corrected chi connectivity index (χ1v) is 15.1. The Kier molecular flexibility index (Phi) is 6.23. The first-order valence-electron chi connectivity index (χ1n) is 15.1. The van der Waals surface area contributed by atoms with E-state index in [4.69, 9.17) is 14.2 Å². The third-order valence-electron chi connectivity index (χ3n) is 10.5. The zero-order valence-electron chi connectivity index (χ0n) is 24.5. The number of rotatable bonds is 7. The molecule has 216 valence electrons. The number of hydrogen-bond acceptors (Lipinski definition) is 6. The quantitative estimate of drug-likeness (QED) is 0.365. The third-order valence-corrected chi connectivity index (χ3v) is 10.5. The molecule has 1 saturated heterocycles. The third kappa shape index (κ3) is 3.95. The van der Waals surface area contributed by atoms with E-state index in [9.17, 15) is 9.59 Å². The van der Waals surface area contributed by atoms with Gasteiger partial charge in [-0.25, -0.2) is 0 Å². The predicted molar refractivity (Wildman–Crippen MR) is 156 cm³/mol. The van der Waals surface area contributed by atoms with Gasteiger partial charge < -0.3 is 19.1 Å². The zero-order valence-corrected chi connectivity index (χ0v) is 24.5. The summed E-state index contributed by atoms with van der Waals surface area (Å²) in [5.74, 6) is 1.91. The van der Waals surface area contributed by atoms with Gasteiger partial charge in [0, 0.05) is 32.2 Å². The van der Waals surface area contributed by atoms with Crippen LogP contribution in [0.3, 0.4) is 0 Å². The molecule has 2 bridgehead atoms. The summed E-state index contributed by atoms with van der Waals surface area (Å²) in [4.78, 5) is 31.0. The van der Waals surface area contributed by atoms with Crippen molar-refractivity contribution in [1.82, 2.24) is 9.80 Å². The molecule has 7 heteroatoms. The van der Waals surface area contributed by atoms with Gasteiger partial charge in [0.15, 0.2) is 11.5 Å². The molecular weight excluding hydrogens is 516 g/mol. The molecule has 0 radical (unpaired) electrons. The van der Waals surface area contributed by atoms with E-state index in [0.717, 1.165) is 54.3 Å². The molecule has 7 nitrogen and oxygen atoms in total. The molecule has 2 aliphatic heterocycles. The molecule has 5 aliphatic rings. The van der Waals surface area contributed by atoms with Gasteiger partial charge in [0.25, 0.3) is 0 Å². The summed E-state index contributed by atoms with van der Waals surface area (Å²) < 4.78 is 19.4. The van der Waals surface area contributed by atoms with E-state index in [1.807, 2.05) is 49.2 Å². The molecule has 1 spiro atoms. The first kappa shape index (κ1) is 26.6. The highest BCUT2D eigenvalue weighted by atomic mass is 16.6. The Bertz CT molecular complexity index is 1430. The molecule has 41 heavy (non-hydrogen) atoms. The highest BCUT2D eigenvalue weighted by Gasteiger charge is 2.75. The molecule has 1 amide bonds. The number of hydrogen-bond donors (Lipinski definition) is 0. The molecule has 3 aliphatic carbocycles. The summed E-state index contributed by atoms with van der Waals surface area (Å²) in [5.41, 5.74) is 3.30. The van der Waals surface area contributed by atoms with Gasteiger partial charge in [-0.15, -0.1) is 0 Å². The zero-order chi connectivity index (χ0) is 28.5. The molecule has 5 atom stereocenters. The van der Waals surface area contributed by atoms with E-state index in [0.29, 0.717) is 18.6 Å². The largest absolute Gasteiger partial charge is 0.493 e. The van der Waals surface area contributed by atoms with Crippen molar-refractivity contribution in [1.29, 1.82) is 0 Å². The molecule has 3 fully saturated rings. The highest BCUT2D eigenvalue weighted by molar-refractivity contribution is 5.92. The SMILES string of the molecule is COc1ccc2c3c1O[C@H]1[C@@H](N(C)C(=O)C=Cc4cccc(C)c4)CC[C@@]4(OC(C)=O)[C@@H](C2)N(CC2CC2)CC[C@]314. The Labute approximate surface area is 242 Å². The second-order valence-corrected chi connectivity index (χ2v) is 12.8. The maximum atomic E-state index is 13.6. The Morgan fingerprint density at radius 1 is 1.17 bits per heavy atom. The lowest BCUT2D eigenvalue weighted by molar-refractivity contribution is -0.223. The van der Waals surface area contributed by atoms with Crippen LogP contribution in [0.4, 0.5) is 0 Å². The van der Waals surface area contributed by atoms with Crippen molar-refractivity contribution in [2.75, 3.05) is 27.2 Å². The van der Waals surface area contributed by atoms with Gasteiger partial charge in [-0.05, 0) is 81.2 Å². The number of carbonyl (C=O) groups is 2. The van der Waals surface area contributed by atoms with Crippen molar-refractivity contribution in [3.63, 3.8) is 0 Å². The number of nitrogens with zero attached hydrogens (tertiary/aromatic N) is 2. The lowest BCUT2D eigenvalue weighted by Gasteiger charge is -2.65. The topological polar surface area (TPSA) is 68.3 Å². The molecule has 7 rings (SSSR count). The normalized spacial score (nSPS) is 31.4. The average Bonchev–Trinajstić information content (AvgIpc) is 3.70. The van der Waals surface area contributed by atoms with E-state index in [1.54, 1.807) is 13.2 Å². The summed E-state index contributed by atoms with van der Waals surface area (Å²) in [5, 5.41) is 0. The number of amides is 1. The smallest absolute Gasteiger partial charge is 0.303 e. The molecule has 0 N–H and O–H groups in total. The second kappa shape index (κ2) is 9.62. The molecule has 2 heterocycles. The lowest BCUT2D eigenvalue weighted by atomic mass is 9.48. The summed E-state index contributed by atoms with van der Waals surface area (Å²) in [6.07, 6.45) is 8.80. The highest BCUT2D eigenvalue weighted by Crippen LogP contribution is 2.67. The van der Waals surface area contributed by atoms with E-state index < -0.39 is 11.0 Å². The van der Waals surface area contributed by atoms with Crippen LogP contribution >= 0.6 is 0 Å². The monoisotopic (exact) mass is 556 g/mol. The average molecular weight is 557 g/mol. The van der Waals surface area contributed by atoms with Crippen molar-refractivity contribution in [3.05, 3.63) is 64.7 Å². The Morgan fingerprint density at radius 2 is 2.00 bits per heavy atom. The number of benzene rings is 2. The molecule has 0 unspecified atom stereocenters. The van der Waals surface area contributed by atoms with Crippen LogP contribution in [0, 0.1) is 12.8 Å². The van der Waals surface area contributed by atoms with Crippen LogP contribution in [0.15, 0.2) is 42.5 Å². The van der Waals surface area contributed by atoms with E-state index in [2.05, 4.69) is 17.0 Å².